The SMILES string of the molecule is CC1CCC(=O)C(CN2CC(C)C(C)C2)C1. The molecule has 4 atom stereocenters. The van der Waals surface area contributed by atoms with E-state index in [-0.39, 0.29) is 0 Å². The highest BCUT2D eigenvalue weighted by molar-refractivity contribution is 5.81. The number of Topliss-reactive ketones (excluding diaryl/α,β-unsaturated/α-hetero) is 1. The molecule has 0 aromatic heterocycles. The van der Waals surface area contributed by atoms with Crippen LogP contribution in [-0.4, -0.2) is 30.3 Å². The van der Waals surface area contributed by atoms with E-state index in [1.165, 1.54) is 13.1 Å². The molecule has 2 nitrogen and oxygen atoms in total. The number of hydrogen-bond donors (Lipinski definition) is 0. The van der Waals surface area contributed by atoms with Gasteiger partial charge in [-0.2, -0.15) is 0 Å². The molecule has 0 radical (unpaired) electrons. The van der Waals surface area contributed by atoms with Crippen molar-refractivity contribution in [2.75, 3.05) is 19.6 Å². The Kier molecular flexibility index (Phi) is 3.68. The lowest BCUT2D eigenvalue weighted by Gasteiger charge is -2.29. The molecular weight excluding hydrogens is 198 g/mol. The summed E-state index contributed by atoms with van der Waals surface area (Å²) in [6.45, 7) is 10.4. The van der Waals surface area contributed by atoms with Gasteiger partial charge < -0.3 is 4.90 Å². The molecule has 2 aliphatic rings. The van der Waals surface area contributed by atoms with Gasteiger partial charge in [0, 0.05) is 32.0 Å². The Bertz CT molecular complexity index is 253. The molecular formula is C14H25NO. The predicted octanol–water partition coefficient (Wildman–Crippen LogP) is 2.58. The Morgan fingerprint density at radius 2 is 1.81 bits per heavy atom. The smallest absolute Gasteiger partial charge is 0.137 e. The van der Waals surface area contributed by atoms with Crippen LogP contribution in [0.5, 0.6) is 0 Å². The summed E-state index contributed by atoms with van der Waals surface area (Å²) in [5, 5.41) is 0. The van der Waals surface area contributed by atoms with E-state index in [2.05, 4.69) is 25.7 Å². The van der Waals surface area contributed by atoms with Crippen molar-refractivity contribution in [3.63, 3.8) is 0 Å². The summed E-state index contributed by atoms with van der Waals surface area (Å²) < 4.78 is 0. The van der Waals surface area contributed by atoms with E-state index < -0.39 is 0 Å². The van der Waals surface area contributed by atoms with Crippen molar-refractivity contribution in [2.45, 2.75) is 40.0 Å². The van der Waals surface area contributed by atoms with Crippen LogP contribution in [-0.2, 0) is 4.79 Å². The molecule has 2 fully saturated rings. The first kappa shape index (κ1) is 12.1. The van der Waals surface area contributed by atoms with Crippen molar-refractivity contribution in [1.29, 1.82) is 0 Å². The highest BCUT2D eigenvalue weighted by atomic mass is 16.1. The van der Waals surface area contributed by atoms with Crippen molar-refractivity contribution in [3.05, 3.63) is 0 Å². The van der Waals surface area contributed by atoms with Crippen LogP contribution >= 0.6 is 0 Å². The average molecular weight is 223 g/mol. The van der Waals surface area contributed by atoms with Gasteiger partial charge in [0.15, 0.2) is 0 Å². The van der Waals surface area contributed by atoms with Gasteiger partial charge in [-0.25, -0.2) is 0 Å². The van der Waals surface area contributed by atoms with Gasteiger partial charge in [0.25, 0.3) is 0 Å². The van der Waals surface area contributed by atoms with Gasteiger partial charge in [0.05, 0.1) is 0 Å². The predicted molar refractivity (Wildman–Crippen MR) is 66.3 cm³/mol. The Morgan fingerprint density at radius 3 is 2.44 bits per heavy atom. The van der Waals surface area contributed by atoms with Gasteiger partial charge in [0.2, 0.25) is 0 Å². The second-order valence-electron chi connectivity index (χ2n) is 6.22. The van der Waals surface area contributed by atoms with Gasteiger partial charge in [-0.15, -0.1) is 0 Å². The fraction of sp³-hybridized carbons (Fsp3) is 0.929. The van der Waals surface area contributed by atoms with Gasteiger partial charge in [-0.3, -0.25) is 4.79 Å². The average Bonchev–Trinajstić information content (AvgIpc) is 2.52. The first-order chi connectivity index (χ1) is 7.56. The maximum absolute atomic E-state index is 11.9. The molecule has 0 N–H and O–H groups in total. The minimum Gasteiger partial charge on any atom is -0.302 e. The second kappa shape index (κ2) is 4.87. The topological polar surface area (TPSA) is 20.3 Å². The zero-order valence-corrected chi connectivity index (χ0v) is 10.9. The van der Waals surface area contributed by atoms with Crippen LogP contribution in [0.15, 0.2) is 0 Å². The van der Waals surface area contributed by atoms with Gasteiger partial charge in [0.1, 0.15) is 5.78 Å². The van der Waals surface area contributed by atoms with E-state index >= 15 is 0 Å². The fourth-order valence-electron chi connectivity index (χ4n) is 3.21. The number of ketones is 1. The Hall–Kier alpha value is -0.370. The lowest BCUT2D eigenvalue weighted by molar-refractivity contribution is -0.126. The lowest BCUT2D eigenvalue weighted by Crippen LogP contribution is -2.35. The van der Waals surface area contributed by atoms with Crippen molar-refractivity contribution in [2.24, 2.45) is 23.7 Å². The third-order valence-corrected chi connectivity index (χ3v) is 4.57. The highest BCUT2D eigenvalue weighted by Gasteiger charge is 2.32. The minimum absolute atomic E-state index is 0.334. The summed E-state index contributed by atoms with van der Waals surface area (Å²) in [6.07, 6.45) is 3.06. The number of rotatable bonds is 2. The maximum Gasteiger partial charge on any atom is 0.137 e. The van der Waals surface area contributed by atoms with Crippen molar-refractivity contribution < 1.29 is 4.79 Å². The molecule has 1 saturated heterocycles. The van der Waals surface area contributed by atoms with Crippen molar-refractivity contribution >= 4 is 5.78 Å². The molecule has 92 valence electrons. The maximum atomic E-state index is 11.9. The molecule has 0 aromatic rings. The van der Waals surface area contributed by atoms with Crippen LogP contribution in [0.4, 0.5) is 0 Å². The van der Waals surface area contributed by atoms with Gasteiger partial charge in [-0.1, -0.05) is 20.8 Å². The Labute approximate surface area is 99.4 Å². The first-order valence-corrected chi connectivity index (χ1v) is 6.81. The van der Waals surface area contributed by atoms with Crippen LogP contribution in [0.3, 0.4) is 0 Å². The lowest BCUT2D eigenvalue weighted by atomic mass is 9.81. The number of hydrogen-bond acceptors (Lipinski definition) is 2. The number of carbonyl (C=O) groups is 1. The summed E-state index contributed by atoms with van der Waals surface area (Å²) >= 11 is 0. The van der Waals surface area contributed by atoms with E-state index in [1.54, 1.807) is 0 Å². The van der Waals surface area contributed by atoms with Crippen LogP contribution in [0.25, 0.3) is 0 Å². The summed E-state index contributed by atoms with van der Waals surface area (Å²) in [4.78, 5) is 14.4. The van der Waals surface area contributed by atoms with Crippen LogP contribution < -0.4 is 0 Å². The normalized spacial score (nSPS) is 41.6. The van der Waals surface area contributed by atoms with E-state index in [9.17, 15) is 4.79 Å². The van der Waals surface area contributed by atoms with Crippen molar-refractivity contribution in [1.82, 2.24) is 4.90 Å². The third-order valence-electron chi connectivity index (χ3n) is 4.57. The second-order valence-corrected chi connectivity index (χ2v) is 6.22. The van der Waals surface area contributed by atoms with Gasteiger partial charge >= 0.3 is 0 Å². The van der Waals surface area contributed by atoms with Crippen molar-refractivity contribution in [3.8, 4) is 0 Å². The standard InChI is InChI=1S/C14H25NO/c1-10-4-5-14(16)13(6-10)9-15-7-11(2)12(3)8-15/h10-13H,4-9H2,1-3H3. The number of nitrogens with zero attached hydrogens (tertiary/aromatic N) is 1. The zero-order chi connectivity index (χ0) is 11.7. The third kappa shape index (κ3) is 2.65. The monoisotopic (exact) mass is 223 g/mol. The molecule has 2 heteroatoms. The minimum atomic E-state index is 0.334. The molecule has 4 unspecified atom stereocenters. The number of carbonyl (C=O) groups excluding carboxylic acids is 1. The molecule has 16 heavy (non-hydrogen) atoms. The van der Waals surface area contributed by atoms with E-state index in [0.29, 0.717) is 11.7 Å². The largest absolute Gasteiger partial charge is 0.302 e. The summed E-state index contributed by atoms with van der Waals surface area (Å²) in [6, 6.07) is 0. The summed E-state index contributed by atoms with van der Waals surface area (Å²) in [7, 11) is 0. The Balaban J connectivity index is 1.87. The fourth-order valence-corrected chi connectivity index (χ4v) is 3.21. The Morgan fingerprint density at radius 1 is 1.19 bits per heavy atom. The molecule has 1 aliphatic heterocycles. The van der Waals surface area contributed by atoms with E-state index in [0.717, 1.165) is 43.6 Å². The van der Waals surface area contributed by atoms with Gasteiger partial charge in [-0.05, 0) is 30.6 Å². The molecule has 0 amide bonds. The first-order valence-electron chi connectivity index (χ1n) is 6.81. The van der Waals surface area contributed by atoms with Crippen LogP contribution in [0, 0.1) is 23.7 Å². The van der Waals surface area contributed by atoms with Crippen LogP contribution in [0.2, 0.25) is 0 Å². The number of likely N-dealkylation sites (tertiary alicyclic amines) is 1. The molecule has 0 spiro atoms. The molecule has 1 heterocycles. The summed E-state index contributed by atoms with van der Waals surface area (Å²) in [5.74, 6) is 3.21. The highest BCUT2D eigenvalue weighted by Crippen LogP contribution is 2.29. The zero-order valence-electron chi connectivity index (χ0n) is 10.9. The quantitative estimate of drug-likeness (QED) is 0.717. The molecule has 1 saturated carbocycles. The molecule has 2 rings (SSSR count). The summed E-state index contributed by atoms with van der Waals surface area (Å²) in [5.41, 5.74) is 0. The van der Waals surface area contributed by atoms with E-state index in [4.69, 9.17) is 0 Å². The van der Waals surface area contributed by atoms with Crippen LogP contribution in [0.1, 0.15) is 40.0 Å². The molecule has 1 aliphatic carbocycles. The molecule has 0 aromatic carbocycles. The molecule has 0 bridgehead atoms. The van der Waals surface area contributed by atoms with E-state index in [1.807, 2.05) is 0 Å².